The van der Waals surface area contributed by atoms with Gasteiger partial charge in [-0.05, 0) is 53.6 Å². The van der Waals surface area contributed by atoms with Crippen LogP contribution in [0.1, 0.15) is 41.5 Å². The third kappa shape index (κ3) is 2.23. The molecular weight excluding hydrogens is 337 g/mol. The van der Waals surface area contributed by atoms with Crippen LogP contribution in [-0.2, 0) is 0 Å². The highest BCUT2D eigenvalue weighted by Gasteiger charge is 2.16. The van der Waals surface area contributed by atoms with Gasteiger partial charge in [-0.25, -0.2) is 0 Å². The summed E-state index contributed by atoms with van der Waals surface area (Å²) in [7, 11) is 0. The van der Waals surface area contributed by atoms with Crippen LogP contribution in [0.2, 0.25) is 0 Å². The molecular formula is C15H16INO. The lowest BCUT2D eigenvalue weighted by Crippen LogP contribution is -2.05. The van der Waals surface area contributed by atoms with Crippen molar-refractivity contribution < 1.29 is 4.79 Å². The number of rotatable bonds is 3. The van der Waals surface area contributed by atoms with Gasteiger partial charge in [0.15, 0.2) is 6.29 Å². The van der Waals surface area contributed by atoms with Crippen LogP contribution in [0, 0.1) is 10.5 Å². The van der Waals surface area contributed by atoms with E-state index in [1.165, 1.54) is 9.26 Å². The van der Waals surface area contributed by atoms with Crippen LogP contribution < -0.4 is 0 Å². The van der Waals surface area contributed by atoms with Gasteiger partial charge < -0.3 is 4.57 Å². The van der Waals surface area contributed by atoms with Gasteiger partial charge in [-0.15, -0.1) is 0 Å². The monoisotopic (exact) mass is 353 g/mol. The van der Waals surface area contributed by atoms with E-state index in [-0.39, 0.29) is 0 Å². The highest BCUT2D eigenvalue weighted by Crippen LogP contribution is 2.28. The quantitative estimate of drug-likeness (QED) is 0.595. The van der Waals surface area contributed by atoms with Crippen molar-refractivity contribution in [2.75, 3.05) is 0 Å². The standard InChI is InChI=1S/C15H16INO/c1-10(2)15-8-12(9-18)11(3)17(15)14-7-5-4-6-13(14)16/h4-10H,1-3H3. The van der Waals surface area contributed by atoms with E-state index in [4.69, 9.17) is 0 Å². The maximum atomic E-state index is 11.1. The third-order valence-corrected chi connectivity index (χ3v) is 4.04. The highest BCUT2D eigenvalue weighted by molar-refractivity contribution is 14.1. The summed E-state index contributed by atoms with van der Waals surface area (Å²) < 4.78 is 3.38. The fourth-order valence-corrected chi connectivity index (χ4v) is 2.78. The van der Waals surface area contributed by atoms with Gasteiger partial charge in [0.2, 0.25) is 0 Å². The SMILES string of the molecule is Cc1c(C=O)cc(C(C)C)n1-c1ccccc1I. The van der Waals surface area contributed by atoms with Crippen LogP contribution in [0.3, 0.4) is 0 Å². The summed E-state index contributed by atoms with van der Waals surface area (Å²) in [4.78, 5) is 11.1. The molecule has 0 N–H and O–H groups in total. The van der Waals surface area contributed by atoms with Crippen molar-refractivity contribution in [2.24, 2.45) is 0 Å². The van der Waals surface area contributed by atoms with Crippen molar-refractivity contribution in [3.63, 3.8) is 0 Å². The second-order valence-corrected chi connectivity index (χ2v) is 5.83. The Morgan fingerprint density at radius 1 is 1.28 bits per heavy atom. The molecule has 2 aromatic rings. The zero-order valence-electron chi connectivity index (χ0n) is 10.8. The van der Waals surface area contributed by atoms with Crippen molar-refractivity contribution in [1.29, 1.82) is 0 Å². The maximum absolute atomic E-state index is 11.1. The Morgan fingerprint density at radius 3 is 2.50 bits per heavy atom. The molecule has 0 bridgehead atoms. The summed E-state index contributed by atoms with van der Waals surface area (Å²) in [6, 6.07) is 10.2. The minimum atomic E-state index is 0.383. The van der Waals surface area contributed by atoms with Crippen molar-refractivity contribution in [1.82, 2.24) is 4.57 Å². The lowest BCUT2D eigenvalue weighted by molar-refractivity contribution is 0.112. The molecule has 1 aromatic carbocycles. The normalized spacial score (nSPS) is 10.9. The van der Waals surface area contributed by atoms with Gasteiger partial charge in [-0.2, -0.15) is 0 Å². The third-order valence-electron chi connectivity index (χ3n) is 3.13. The molecule has 0 aliphatic carbocycles. The zero-order valence-corrected chi connectivity index (χ0v) is 12.9. The average Bonchev–Trinajstić information content (AvgIpc) is 2.67. The van der Waals surface area contributed by atoms with Crippen LogP contribution in [0.4, 0.5) is 0 Å². The van der Waals surface area contributed by atoms with Crippen LogP contribution in [0.5, 0.6) is 0 Å². The number of nitrogens with zero attached hydrogens (tertiary/aromatic N) is 1. The summed E-state index contributed by atoms with van der Waals surface area (Å²) in [6.45, 7) is 6.30. The number of carbonyl (C=O) groups is 1. The summed E-state index contributed by atoms with van der Waals surface area (Å²) in [6.07, 6.45) is 0.938. The van der Waals surface area contributed by atoms with Gasteiger partial charge in [0.05, 0.1) is 5.69 Å². The number of hydrogen-bond donors (Lipinski definition) is 0. The van der Waals surface area contributed by atoms with Gasteiger partial charge in [0, 0.05) is 20.5 Å². The molecule has 0 radical (unpaired) electrons. The van der Waals surface area contributed by atoms with E-state index >= 15 is 0 Å². The number of halogens is 1. The second-order valence-electron chi connectivity index (χ2n) is 4.67. The molecule has 0 atom stereocenters. The van der Waals surface area contributed by atoms with Gasteiger partial charge in [-0.1, -0.05) is 26.0 Å². The Hall–Kier alpha value is -1.10. The van der Waals surface area contributed by atoms with Crippen molar-refractivity contribution >= 4 is 28.9 Å². The van der Waals surface area contributed by atoms with Crippen molar-refractivity contribution in [3.8, 4) is 5.69 Å². The maximum Gasteiger partial charge on any atom is 0.151 e. The first kappa shape index (κ1) is 13.3. The number of hydrogen-bond acceptors (Lipinski definition) is 1. The molecule has 94 valence electrons. The second kappa shape index (κ2) is 5.26. The van der Waals surface area contributed by atoms with Crippen molar-refractivity contribution in [2.45, 2.75) is 26.7 Å². The van der Waals surface area contributed by atoms with Gasteiger partial charge in [-0.3, -0.25) is 4.79 Å². The molecule has 1 heterocycles. The van der Waals surface area contributed by atoms with Crippen LogP contribution in [-0.4, -0.2) is 10.9 Å². The summed E-state index contributed by atoms with van der Waals surface area (Å²) in [5.41, 5.74) is 4.11. The molecule has 0 aliphatic rings. The first-order chi connectivity index (χ1) is 8.56. The molecule has 2 nitrogen and oxygen atoms in total. The van der Waals surface area contributed by atoms with Crippen LogP contribution >= 0.6 is 22.6 Å². The lowest BCUT2D eigenvalue weighted by atomic mass is 10.1. The number of carbonyl (C=O) groups excluding carboxylic acids is 1. The van der Waals surface area contributed by atoms with E-state index in [9.17, 15) is 4.79 Å². The van der Waals surface area contributed by atoms with Crippen LogP contribution in [0.15, 0.2) is 30.3 Å². The Bertz CT molecular complexity index is 584. The number of aldehydes is 1. The zero-order chi connectivity index (χ0) is 13.3. The van der Waals surface area contributed by atoms with Crippen LogP contribution in [0.25, 0.3) is 5.69 Å². The lowest BCUT2D eigenvalue weighted by Gasteiger charge is -2.15. The average molecular weight is 353 g/mol. The van der Waals surface area contributed by atoms with E-state index in [0.29, 0.717) is 5.92 Å². The van der Waals surface area contributed by atoms with Gasteiger partial charge in [0.25, 0.3) is 0 Å². The summed E-state index contributed by atoms with van der Waals surface area (Å²) in [5.74, 6) is 0.383. The Morgan fingerprint density at radius 2 is 1.94 bits per heavy atom. The van der Waals surface area contributed by atoms with Crippen molar-refractivity contribution in [3.05, 3.63) is 50.9 Å². The Kier molecular flexibility index (Phi) is 3.90. The molecule has 18 heavy (non-hydrogen) atoms. The summed E-state index contributed by atoms with van der Waals surface area (Å²) >= 11 is 2.33. The fourth-order valence-electron chi connectivity index (χ4n) is 2.15. The molecule has 0 saturated carbocycles. The molecule has 2 rings (SSSR count). The highest BCUT2D eigenvalue weighted by atomic mass is 127. The van der Waals surface area contributed by atoms with E-state index in [2.05, 4.69) is 53.1 Å². The van der Waals surface area contributed by atoms with E-state index in [0.717, 1.165) is 23.2 Å². The minimum Gasteiger partial charge on any atom is -0.316 e. The van der Waals surface area contributed by atoms with Gasteiger partial charge >= 0.3 is 0 Å². The number of para-hydroxylation sites is 1. The molecule has 1 aromatic heterocycles. The fraction of sp³-hybridized carbons (Fsp3) is 0.267. The molecule has 0 fully saturated rings. The smallest absolute Gasteiger partial charge is 0.151 e. The summed E-state index contributed by atoms with van der Waals surface area (Å²) in [5, 5.41) is 0. The first-order valence-electron chi connectivity index (χ1n) is 5.98. The number of aromatic nitrogens is 1. The predicted octanol–water partition coefficient (Wildman–Crippen LogP) is 4.33. The van der Waals surface area contributed by atoms with Gasteiger partial charge in [0.1, 0.15) is 0 Å². The molecule has 0 amide bonds. The number of benzene rings is 1. The largest absolute Gasteiger partial charge is 0.316 e. The minimum absolute atomic E-state index is 0.383. The molecule has 0 unspecified atom stereocenters. The van der Waals surface area contributed by atoms with E-state index in [1.807, 2.05) is 25.1 Å². The van der Waals surface area contributed by atoms with E-state index < -0.39 is 0 Å². The Labute approximate surface area is 121 Å². The van der Waals surface area contributed by atoms with E-state index in [1.54, 1.807) is 0 Å². The molecule has 0 spiro atoms. The molecule has 0 aliphatic heterocycles. The predicted molar refractivity (Wildman–Crippen MR) is 82.7 cm³/mol. The Balaban J connectivity index is 2.73. The molecule has 0 saturated heterocycles. The first-order valence-corrected chi connectivity index (χ1v) is 7.06. The molecule has 3 heteroatoms. The topological polar surface area (TPSA) is 22.0 Å².